The molecule has 0 saturated carbocycles. The number of hydrogen-bond donors (Lipinski definition) is 0. The smallest absolute Gasteiger partial charge is 0.258 e. The monoisotopic (exact) mass is 487 g/mol. The zero-order valence-electron chi connectivity index (χ0n) is 19.0. The first-order valence-corrected chi connectivity index (χ1v) is 12.2. The van der Waals surface area contributed by atoms with E-state index in [4.69, 9.17) is 16.6 Å². The van der Waals surface area contributed by atoms with Crippen LogP contribution in [0.3, 0.4) is 0 Å². The van der Waals surface area contributed by atoms with Gasteiger partial charge in [-0.3, -0.25) is 13.8 Å². The summed E-state index contributed by atoms with van der Waals surface area (Å²) in [5, 5.41) is 10.3. The Hall–Kier alpha value is -3.42. The molecule has 34 heavy (non-hydrogen) atoms. The first-order valence-electron chi connectivity index (χ1n) is 10.8. The maximum Gasteiger partial charge on any atom is 0.258 e. The van der Waals surface area contributed by atoms with Crippen LogP contribution in [0.2, 0.25) is 5.02 Å². The number of hydrogen-bond acceptors (Lipinski definition) is 5. The van der Waals surface area contributed by atoms with Crippen molar-refractivity contribution in [2.75, 3.05) is 0 Å². The molecule has 5 rings (SSSR count). The van der Waals surface area contributed by atoms with Gasteiger partial charge in [-0.1, -0.05) is 53.7 Å². The summed E-state index contributed by atoms with van der Waals surface area (Å²) in [4.78, 5) is 17.4. The molecule has 8 heteroatoms. The molecular weight excluding hydrogens is 466 g/mol. The minimum atomic E-state index is -0.1000. The Morgan fingerprint density at radius 3 is 2.59 bits per heavy atom. The molecule has 0 aliphatic heterocycles. The summed E-state index contributed by atoms with van der Waals surface area (Å²) in [5.74, 6) is 1.15. The number of rotatable bonds is 5. The van der Waals surface area contributed by atoms with Gasteiger partial charge in [0, 0.05) is 23.6 Å². The van der Waals surface area contributed by atoms with Gasteiger partial charge in [-0.15, -0.1) is 10.2 Å². The van der Waals surface area contributed by atoms with Crippen LogP contribution in [0.1, 0.15) is 22.4 Å². The molecule has 170 valence electrons. The molecule has 6 nitrogen and oxygen atoms in total. The zero-order chi connectivity index (χ0) is 23.8. The molecule has 0 saturated heterocycles. The molecule has 3 aromatic heterocycles. The predicted octanol–water partition coefficient (Wildman–Crippen LogP) is 5.81. The van der Waals surface area contributed by atoms with Crippen molar-refractivity contribution in [3.05, 3.63) is 105 Å². The molecule has 0 radical (unpaired) electrons. The van der Waals surface area contributed by atoms with Crippen LogP contribution in [0.5, 0.6) is 0 Å². The van der Waals surface area contributed by atoms with Gasteiger partial charge >= 0.3 is 0 Å². The van der Waals surface area contributed by atoms with Crippen LogP contribution in [0, 0.1) is 20.8 Å². The summed E-state index contributed by atoms with van der Waals surface area (Å²) < 4.78 is 3.60. The number of halogens is 1. The molecule has 0 unspecified atom stereocenters. The maximum atomic E-state index is 12.6. The molecule has 3 heterocycles. The van der Waals surface area contributed by atoms with E-state index in [0.717, 1.165) is 27.9 Å². The van der Waals surface area contributed by atoms with Gasteiger partial charge in [0.1, 0.15) is 5.65 Å². The predicted molar refractivity (Wildman–Crippen MR) is 137 cm³/mol. The van der Waals surface area contributed by atoms with Crippen LogP contribution in [-0.2, 0) is 5.75 Å². The fourth-order valence-corrected chi connectivity index (χ4v) is 4.94. The van der Waals surface area contributed by atoms with Crippen molar-refractivity contribution >= 4 is 29.0 Å². The minimum absolute atomic E-state index is 0.1000. The summed E-state index contributed by atoms with van der Waals surface area (Å²) in [6.07, 6.45) is 1.74. The second-order valence-electron chi connectivity index (χ2n) is 8.17. The zero-order valence-corrected chi connectivity index (χ0v) is 20.6. The highest BCUT2D eigenvalue weighted by Gasteiger charge is 2.20. The van der Waals surface area contributed by atoms with Crippen molar-refractivity contribution in [1.29, 1.82) is 0 Å². The summed E-state index contributed by atoms with van der Waals surface area (Å²) >= 11 is 8.01. The Balaban J connectivity index is 1.59. The van der Waals surface area contributed by atoms with E-state index in [1.54, 1.807) is 16.7 Å². The molecule has 0 aliphatic rings. The number of thioether (sulfide) groups is 1. The van der Waals surface area contributed by atoms with Crippen LogP contribution in [0.4, 0.5) is 0 Å². The Kier molecular flexibility index (Phi) is 5.98. The van der Waals surface area contributed by atoms with E-state index in [1.807, 2.05) is 47.9 Å². The molecule has 0 atom stereocenters. The van der Waals surface area contributed by atoms with E-state index in [1.165, 1.54) is 11.8 Å². The lowest BCUT2D eigenvalue weighted by molar-refractivity contribution is 0.878. The van der Waals surface area contributed by atoms with E-state index in [-0.39, 0.29) is 5.56 Å². The minimum Gasteiger partial charge on any atom is -0.270 e. The van der Waals surface area contributed by atoms with E-state index < -0.39 is 0 Å². The van der Waals surface area contributed by atoms with Gasteiger partial charge in [0.05, 0.1) is 16.4 Å². The van der Waals surface area contributed by atoms with Crippen molar-refractivity contribution < 1.29 is 0 Å². The van der Waals surface area contributed by atoms with Crippen LogP contribution in [0.15, 0.2) is 76.8 Å². The summed E-state index contributed by atoms with van der Waals surface area (Å²) in [5.41, 5.74) is 6.24. The normalized spacial score (nSPS) is 11.3. The third-order valence-electron chi connectivity index (χ3n) is 5.64. The first-order chi connectivity index (χ1) is 16.4. The van der Waals surface area contributed by atoms with Crippen LogP contribution in [0.25, 0.3) is 22.7 Å². The lowest BCUT2D eigenvalue weighted by Crippen LogP contribution is -2.15. The molecule has 0 bridgehead atoms. The lowest BCUT2D eigenvalue weighted by atomic mass is 10.1. The van der Waals surface area contributed by atoms with Crippen LogP contribution >= 0.6 is 23.4 Å². The van der Waals surface area contributed by atoms with Crippen molar-refractivity contribution in [3.63, 3.8) is 0 Å². The summed E-state index contributed by atoms with van der Waals surface area (Å²) in [7, 11) is 0. The van der Waals surface area contributed by atoms with Crippen molar-refractivity contribution in [2.24, 2.45) is 0 Å². The van der Waals surface area contributed by atoms with Gasteiger partial charge in [-0.2, -0.15) is 0 Å². The van der Waals surface area contributed by atoms with Crippen molar-refractivity contribution in [3.8, 4) is 17.1 Å². The number of pyridine rings is 1. The molecular formula is C26H22ClN5OS. The number of aromatic nitrogens is 5. The Bertz CT molecular complexity index is 1590. The summed E-state index contributed by atoms with van der Waals surface area (Å²) in [6, 6.07) is 19.3. The number of nitrogens with zero attached hydrogens (tertiary/aromatic N) is 5. The van der Waals surface area contributed by atoms with Crippen LogP contribution in [-0.4, -0.2) is 24.1 Å². The molecule has 0 N–H and O–H groups in total. The lowest BCUT2D eigenvalue weighted by Gasteiger charge is -2.14. The third-order valence-corrected chi connectivity index (χ3v) is 6.93. The van der Waals surface area contributed by atoms with Gasteiger partial charge < -0.3 is 0 Å². The molecule has 0 amide bonds. The molecule has 0 fully saturated rings. The van der Waals surface area contributed by atoms with Gasteiger partial charge in [0.15, 0.2) is 11.0 Å². The quantitative estimate of drug-likeness (QED) is 0.292. The number of benzene rings is 2. The third kappa shape index (κ3) is 4.13. The van der Waals surface area contributed by atoms with Gasteiger partial charge in [-0.05, 0) is 61.7 Å². The highest BCUT2D eigenvalue weighted by Crippen LogP contribution is 2.34. The topological polar surface area (TPSA) is 65.1 Å². The van der Waals surface area contributed by atoms with Crippen molar-refractivity contribution in [1.82, 2.24) is 24.1 Å². The maximum absolute atomic E-state index is 12.6. The van der Waals surface area contributed by atoms with Gasteiger partial charge in [0.25, 0.3) is 5.56 Å². The fourth-order valence-electron chi connectivity index (χ4n) is 3.88. The first kappa shape index (κ1) is 22.4. The highest BCUT2D eigenvalue weighted by molar-refractivity contribution is 7.98. The Labute approximate surface area is 206 Å². The van der Waals surface area contributed by atoms with E-state index in [2.05, 4.69) is 42.2 Å². The van der Waals surface area contributed by atoms with Crippen LogP contribution < -0.4 is 5.56 Å². The average Bonchev–Trinajstić information content (AvgIpc) is 3.24. The van der Waals surface area contributed by atoms with E-state index in [9.17, 15) is 4.79 Å². The number of fused-ring (bicyclic) bond motifs is 1. The second-order valence-corrected chi connectivity index (χ2v) is 9.52. The standard InChI is InChI=1S/C26H22ClN5OS/c1-16-10-11-17(2)22(13-16)32-25(20-8-4-5-9-21(20)27)29-30-26(32)34-15-19-14-23(33)31-12-6-7-18(3)24(31)28-19/h4-14H,15H2,1-3H3. The second kappa shape index (κ2) is 9.08. The SMILES string of the molecule is Cc1ccc(C)c(-n2c(SCc3cc(=O)n4cccc(C)c4n3)nnc2-c2ccccc2Cl)c1. The van der Waals surface area contributed by atoms with E-state index in [0.29, 0.717) is 33.1 Å². The molecule has 0 aliphatic carbocycles. The van der Waals surface area contributed by atoms with Gasteiger partial charge in [0.2, 0.25) is 0 Å². The Morgan fingerprint density at radius 2 is 1.76 bits per heavy atom. The largest absolute Gasteiger partial charge is 0.270 e. The summed E-state index contributed by atoms with van der Waals surface area (Å²) in [6.45, 7) is 6.07. The Morgan fingerprint density at radius 1 is 0.941 bits per heavy atom. The molecule has 5 aromatic rings. The fraction of sp³-hybridized carbons (Fsp3) is 0.154. The van der Waals surface area contributed by atoms with E-state index >= 15 is 0 Å². The number of aryl methyl sites for hydroxylation is 3. The average molecular weight is 488 g/mol. The van der Waals surface area contributed by atoms with Crippen molar-refractivity contribution in [2.45, 2.75) is 31.7 Å². The highest BCUT2D eigenvalue weighted by atomic mass is 35.5. The molecule has 2 aromatic carbocycles. The molecule has 0 spiro atoms. The van der Waals surface area contributed by atoms with Gasteiger partial charge in [-0.25, -0.2) is 4.98 Å².